The van der Waals surface area contributed by atoms with Crippen LogP contribution in [-0.2, 0) is 11.2 Å². The van der Waals surface area contributed by atoms with Gasteiger partial charge in [-0.2, -0.15) is 0 Å². The van der Waals surface area contributed by atoms with Crippen LogP contribution in [0.25, 0.3) is 11.0 Å². The van der Waals surface area contributed by atoms with Gasteiger partial charge in [-0.05, 0) is 24.8 Å². The van der Waals surface area contributed by atoms with E-state index in [2.05, 4.69) is 41.0 Å². The standard InChI is InChI=1S/C16H24N4O/c1-4-11-8-17-14-13(11)15(19-10-18-14)20-12-6-7-21-9-16(12,3)5-2/h8,10,12H,4-7,9H2,1-3H3,(H2,17,18,19,20). The molecule has 5 heteroatoms. The van der Waals surface area contributed by atoms with E-state index in [1.807, 2.05) is 6.20 Å². The van der Waals surface area contributed by atoms with Crippen molar-refractivity contribution in [1.29, 1.82) is 0 Å². The smallest absolute Gasteiger partial charge is 0.143 e. The lowest BCUT2D eigenvalue weighted by Crippen LogP contribution is -2.46. The molecule has 0 amide bonds. The van der Waals surface area contributed by atoms with Gasteiger partial charge in [0, 0.05) is 24.3 Å². The van der Waals surface area contributed by atoms with Gasteiger partial charge in [0.05, 0.1) is 12.0 Å². The minimum atomic E-state index is 0.151. The fourth-order valence-electron chi connectivity index (χ4n) is 3.13. The predicted molar refractivity (Wildman–Crippen MR) is 84.5 cm³/mol. The summed E-state index contributed by atoms with van der Waals surface area (Å²) in [4.78, 5) is 12.1. The van der Waals surface area contributed by atoms with Gasteiger partial charge in [-0.25, -0.2) is 9.97 Å². The third-order valence-electron chi connectivity index (χ3n) is 4.87. The van der Waals surface area contributed by atoms with E-state index in [-0.39, 0.29) is 5.41 Å². The van der Waals surface area contributed by atoms with Crippen molar-refractivity contribution in [3.63, 3.8) is 0 Å². The Hall–Kier alpha value is -1.62. The lowest BCUT2D eigenvalue weighted by molar-refractivity contribution is -0.00875. The second kappa shape index (κ2) is 5.64. The Kier molecular flexibility index (Phi) is 3.85. The van der Waals surface area contributed by atoms with Gasteiger partial charge in [0.2, 0.25) is 0 Å². The molecule has 3 heterocycles. The number of hydrogen-bond acceptors (Lipinski definition) is 4. The van der Waals surface area contributed by atoms with E-state index < -0.39 is 0 Å². The topological polar surface area (TPSA) is 62.8 Å². The van der Waals surface area contributed by atoms with E-state index in [0.717, 1.165) is 49.3 Å². The second-order valence-electron chi connectivity index (χ2n) is 6.16. The molecule has 2 aromatic heterocycles. The molecule has 0 spiro atoms. The maximum atomic E-state index is 5.68. The fourth-order valence-corrected chi connectivity index (χ4v) is 3.13. The Bertz CT molecular complexity index is 624. The molecule has 0 bridgehead atoms. The van der Waals surface area contributed by atoms with Crippen molar-refractivity contribution in [1.82, 2.24) is 15.0 Å². The summed E-state index contributed by atoms with van der Waals surface area (Å²) in [6.07, 6.45) is 6.74. The van der Waals surface area contributed by atoms with Gasteiger partial charge in [-0.3, -0.25) is 0 Å². The van der Waals surface area contributed by atoms with Gasteiger partial charge in [-0.1, -0.05) is 20.8 Å². The number of H-pyrrole nitrogens is 1. The summed E-state index contributed by atoms with van der Waals surface area (Å²) in [6, 6.07) is 0.383. The van der Waals surface area contributed by atoms with Crippen LogP contribution in [0.4, 0.5) is 5.82 Å². The highest BCUT2D eigenvalue weighted by atomic mass is 16.5. The number of aryl methyl sites for hydroxylation is 1. The van der Waals surface area contributed by atoms with Crippen molar-refractivity contribution >= 4 is 16.9 Å². The number of aromatic amines is 1. The molecular formula is C16H24N4O. The van der Waals surface area contributed by atoms with Gasteiger partial charge in [0.25, 0.3) is 0 Å². The molecule has 2 atom stereocenters. The largest absolute Gasteiger partial charge is 0.381 e. The zero-order valence-electron chi connectivity index (χ0n) is 13.1. The van der Waals surface area contributed by atoms with Crippen LogP contribution in [0.3, 0.4) is 0 Å². The summed E-state index contributed by atoms with van der Waals surface area (Å²) in [5.74, 6) is 0.949. The highest BCUT2D eigenvalue weighted by molar-refractivity contribution is 5.90. The molecule has 0 radical (unpaired) electrons. The van der Waals surface area contributed by atoms with Gasteiger partial charge in [0.15, 0.2) is 0 Å². The molecule has 0 saturated carbocycles. The quantitative estimate of drug-likeness (QED) is 0.907. The van der Waals surface area contributed by atoms with Crippen molar-refractivity contribution in [2.45, 2.75) is 46.1 Å². The van der Waals surface area contributed by atoms with Crippen LogP contribution in [0.1, 0.15) is 39.2 Å². The summed E-state index contributed by atoms with van der Waals surface area (Å²) in [5, 5.41) is 4.80. The van der Waals surface area contributed by atoms with E-state index in [9.17, 15) is 0 Å². The second-order valence-corrected chi connectivity index (χ2v) is 6.16. The van der Waals surface area contributed by atoms with Crippen LogP contribution in [0.15, 0.2) is 12.5 Å². The number of aromatic nitrogens is 3. The van der Waals surface area contributed by atoms with Crippen LogP contribution in [0.5, 0.6) is 0 Å². The Morgan fingerprint density at radius 1 is 1.43 bits per heavy atom. The monoisotopic (exact) mass is 288 g/mol. The van der Waals surface area contributed by atoms with E-state index in [0.29, 0.717) is 6.04 Å². The highest BCUT2D eigenvalue weighted by Gasteiger charge is 2.36. The summed E-state index contributed by atoms with van der Waals surface area (Å²) >= 11 is 0. The van der Waals surface area contributed by atoms with E-state index in [1.54, 1.807) is 6.33 Å². The third kappa shape index (κ3) is 2.50. The number of hydrogen-bond donors (Lipinski definition) is 2. The van der Waals surface area contributed by atoms with Crippen molar-refractivity contribution in [3.8, 4) is 0 Å². The fraction of sp³-hybridized carbons (Fsp3) is 0.625. The lowest BCUT2D eigenvalue weighted by atomic mass is 9.77. The van der Waals surface area contributed by atoms with Gasteiger partial charge in [-0.15, -0.1) is 0 Å². The Balaban J connectivity index is 1.95. The van der Waals surface area contributed by atoms with E-state index in [1.165, 1.54) is 5.56 Å². The molecule has 1 fully saturated rings. The van der Waals surface area contributed by atoms with E-state index in [4.69, 9.17) is 4.74 Å². The molecule has 1 saturated heterocycles. The minimum Gasteiger partial charge on any atom is -0.381 e. The minimum absolute atomic E-state index is 0.151. The third-order valence-corrected chi connectivity index (χ3v) is 4.87. The van der Waals surface area contributed by atoms with E-state index >= 15 is 0 Å². The van der Waals surface area contributed by atoms with Gasteiger partial charge < -0.3 is 15.0 Å². The van der Waals surface area contributed by atoms with Crippen LogP contribution in [0.2, 0.25) is 0 Å². The van der Waals surface area contributed by atoms with Crippen molar-refractivity contribution in [2.24, 2.45) is 5.41 Å². The normalized spacial score (nSPS) is 26.1. The van der Waals surface area contributed by atoms with Crippen LogP contribution < -0.4 is 5.32 Å². The number of anilines is 1. The first-order chi connectivity index (χ1) is 10.2. The molecule has 0 aromatic carbocycles. The van der Waals surface area contributed by atoms with Gasteiger partial charge in [0.1, 0.15) is 17.8 Å². The van der Waals surface area contributed by atoms with Crippen LogP contribution in [0, 0.1) is 5.41 Å². The van der Waals surface area contributed by atoms with Crippen LogP contribution >= 0.6 is 0 Å². The first-order valence-corrected chi connectivity index (χ1v) is 7.83. The molecule has 21 heavy (non-hydrogen) atoms. The first kappa shape index (κ1) is 14.3. The highest BCUT2D eigenvalue weighted by Crippen LogP contribution is 2.35. The SMILES string of the molecule is CCc1c[nH]c2ncnc(NC3CCOCC3(C)CC)c12. The maximum Gasteiger partial charge on any atom is 0.143 e. The average Bonchev–Trinajstić information content (AvgIpc) is 2.94. The van der Waals surface area contributed by atoms with Gasteiger partial charge >= 0.3 is 0 Å². The summed E-state index contributed by atoms with van der Waals surface area (Å²) in [5.41, 5.74) is 2.33. The molecule has 2 N–H and O–H groups in total. The van der Waals surface area contributed by atoms with Crippen molar-refractivity contribution < 1.29 is 4.74 Å². The van der Waals surface area contributed by atoms with Crippen molar-refractivity contribution in [2.75, 3.05) is 18.5 Å². The first-order valence-electron chi connectivity index (χ1n) is 7.83. The average molecular weight is 288 g/mol. The Morgan fingerprint density at radius 2 is 2.29 bits per heavy atom. The number of ether oxygens (including phenoxy) is 1. The molecule has 1 aliphatic rings. The lowest BCUT2D eigenvalue weighted by Gasteiger charge is -2.41. The van der Waals surface area contributed by atoms with Crippen LogP contribution in [-0.4, -0.2) is 34.2 Å². The number of fused-ring (bicyclic) bond motifs is 1. The number of rotatable bonds is 4. The zero-order chi connectivity index (χ0) is 14.9. The molecule has 0 aliphatic carbocycles. The predicted octanol–water partition coefficient (Wildman–Crippen LogP) is 3.14. The summed E-state index contributed by atoms with van der Waals surface area (Å²) in [6.45, 7) is 8.30. The Labute approximate surface area is 125 Å². The summed E-state index contributed by atoms with van der Waals surface area (Å²) < 4.78 is 5.68. The molecule has 3 rings (SSSR count). The maximum absolute atomic E-state index is 5.68. The summed E-state index contributed by atoms with van der Waals surface area (Å²) in [7, 11) is 0. The van der Waals surface area contributed by atoms with Crippen molar-refractivity contribution in [3.05, 3.63) is 18.1 Å². The zero-order valence-corrected chi connectivity index (χ0v) is 13.1. The molecule has 1 aliphatic heterocycles. The molecule has 114 valence electrons. The molecule has 2 aromatic rings. The number of nitrogens with one attached hydrogen (secondary N) is 2. The molecular weight excluding hydrogens is 264 g/mol. The Morgan fingerprint density at radius 3 is 3.05 bits per heavy atom. The number of nitrogens with zero attached hydrogens (tertiary/aromatic N) is 2. The molecule has 5 nitrogen and oxygen atoms in total. The molecule has 2 unspecified atom stereocenters.